The second kappa shape index (κ2) is 22.4. The summed E-state index contributed by atoms with van der Waals surface area (Å²) in [5.74, 6) is 0.843. The van der Waals surface area contributed by atoms with E-state index in [0.717, 1.165) is 63.7 Å². The van der Waals surface area contributed by atoms with Crippen LogP contribution in [0.2, 0.25) is 10.0 Å². The fourth-order valence-corrected chi connectivity index (χ4v) is 7.72. The molecule has 0 saturated heterocycles. The number of benzene rings is 6. The van der Waals surface area contributed by atoms with E-state index in [1.54, 1.807) is 25.3 Å². The first-order valence-corrected chi connectivity index (χ1v) is 21.9. The molecule has 0 bridgehead atoms. The fraction of sp³-hybridized carbons (Fsp3) is 0.157. The summed E-state index contributed by atoms with van der Waals surface area (Å²) in [6, 6.07) is 47.2. The number of hydrogen-bond acceptors (Lipinski definition) is 2. The van der Waals surface area contributed by atoms with Crippen molar-refractivity contribution in [2.45, 2.75) is 34.6 Å². The van der Waals surface area contributed by atoms with Crippen LogP contribution in [0, 0.1) is 19.3 Å². The smallest absolute Gasteiger partial charge is 0.135 e. The highest BCUT2D eigenvalue weighted by Crippen LogP contribution is 2.54. The number of hydrogen-bond donors (Lipinski definition) is 0. The predicted molar refractivity (Wildman–Crippen MR) is 268 cm³/mol. The molecule has 8 heteroatoms. The first-order chi connectivity index (χ1) is 28.1. The van der Waals surface area contributed by atoms with E-state index in [1.165, 1.54) is 11.4 Å². The van der Waals surface area contributed by atoms with Crippen molar-refractivity contribution in [3.05, 3.63) is 187 Å². The van der Waals surface area contributed by atoms with Gasteiger partial charge in [0.1, 0.15) is 5.75 Å². The molecule has 0 fully saturated rings. The van der Waals surface area contributed by atoms with Gasteiger partial charge in [0.25, 0.3) is 0 Å². The number of aryl methyl sites for hydroxylation is 2. The minimum atomic E-state index is 0.306. The molecule has 59 heavy (non-hydrogen) atoms. The van der Waals surface area contributed by atoms with Crippen LogP contribution in [0.15, 0.2) is 171 Å². The van der Waals surface area contributed by atoms with Crippen LogP contribution in [-0.4, -0.2) is 18.4 Å². The van der Waals surface area contributed by atoms with Crippen molar-refractivity contribution in [3.63, 3.8) is 0 Å². The van der Waals surface area contributed by atoms with Crippen molar-refractivity contribution in [1.82, 2.24) is 4.57 Å². The quantitative estimate of drug-likeness (QED) is 0.120. The molecule has 6 aromatic carbocycles. The third-order valence-corrected chi connectivity index (χ3v) is 11.8. The number of aromatic nitrogens is 1. The Balaban J connectivity index is 0.000000258. The minimum absolute atomic E-state index is 0.306. The van der Waals surface area contributed by atoms with Crippen LogP contribution in [0.1, 0.15) is 32.2 Å². The highest BCUT2D eigenvalue weighted by atomic mass is 79.9. The molecule has 7 aromatic rings. The summed E-state index contributed by atoms with van der Waals surface area (Å²) in [5, 5.41) is 1.06. The van der Waals surface area contributed by atoms with Gasteiger partial charge < -0.3 is 9.30 Å². The molecule has 7 rings (SSSR count). The number of rotatable bonds is 6. The number of nitrogens with zero attached hydrogens (tertiary/aromatic N) is 2. The van der Waals surface area contributed by atoms with E-state index < -0.39 is 0 Å². The number of para-hydroxylation sites is 1. The Morgan fingerprint density at radius 3 is 1.20 bits per heavy atom. The largest absolute Gasteiger partial charge is 0.495 e. The molecule has 0 amide bonds. The van der Waals surface area contributed by atoms with Crippen LogP contribution in [0.5, 0.6) is 5.75 Å². The van der Waals surface area contributed by atoms with Gasteiger partial charge in [-0.25, -0.2) is 0 Å². The molecule has 0 aliphatic heterocycles. The Hall–Kier alpha value is -4.17. The number of aliphatic imine (C=N–C) groups is 1. The molecule has 0 spiro atoms. The van der Waals surface area contributed by atoms with E-state index in [-0.39, 0.29) is 0 Å². The van der Waals surface area contributed by atoms with Crippen molar-refractivity contribution in [1.29, 1.82) is 0 Å². The van der Waals surface area contributed by atoms with Gasteiger partial charge in [0.2, 0.25) is 0 Å². The van der Waals surface area contributed by atoms with Crippen LogP contribution in [0.4, 0.5) is 5.69 Å². The molecular formula is C51H49Br3Cl2N2O. The van der Waals surface area contributed by atoms with E-state index in [1.807, 2.05) is 18.2 Å². The molecule has 0 atom stereocenters. The van der Waals surface area contributed by atoms with Gasteiger partial charge in [0.15, 0.2) is 0 Å². The third-order valence-electron chi connectivity index (χ3n) is 9.32. The lowest BCUT2D eigenvalue weighted by Crippen LogP contribution is -2.00. The van der Waals surface area contributed by atoms with Gasteiger partial charge in [0, 0.05) is 54.1 Å². The minimum Gasteiger partial charge on any atom is -0.495 e. The Kier molecular flexibility index (Phi) is 18.1. The van der Waals surface area contributed by atoms with E-state index in [4.69, 9.17) is 27.9 Å². The van der Waals surface area contributed by atoms with E-state index in [0.29, 0.717) is 21.1 Å². The van der Waals surface area contributed by atoms with Crippen LogP contribution in [0.3, 0.4) is 0 Å². The number of allylic oxidation sites excluding steroid dienone is 1. The van der Waals surface area contributed by atoms with Gasteiger partial charge in [0.05, 0.1) is 22.8 Å². The molecule has 0 N–H and O–H groups in total. The van der Waals surface area contributed by atoms with Crippen molar-refractivity contribution < 1.29 is 4.74 Å². The van der Waals surface area contributed by atoms with Gasteiger partial charge in [-0.05, 0) is 113 Å². The van der Waals surface area contributed by atoms with Crippen molar-refractivity contribution in [2.75, 3.05) is 7.11 Å². The summed E-state index contributed by atoms with van der Waals surface area (Å²) >= 11 is 22.7. The van der Waals surface area contributed by atoms with Gasteiger partial charge >= 0.3 is 0 Å². The Bertz CT molecular complexity index is 2310. The lowest BCUT2D eigenvalue weighted by molar-refractivity contribution is 0.418. The van der Waals surface area contributed by atoms with Gasteiger partial charge in [-0.2, -0.15) is 0 Å². The first-order valence-electron chi connectivity index (χ1n) is 18.8. The van der Waals surface area contributed by atoms with Gasteiger partial charge in [-0.3, -0.25) is 4.99 Å². The van der Waals surface area contributed by atoms with Crippen LogP contribution in [0.25, 0.3) is 44.5 Å². The zero-order valence-corrected chi connectivity index (χ0v) is 40.7. The maximum atomic E-state index is 6.28. The zero-order chi connectivity index (χ0) is 43.3. The molecule has 0 aliphatic carbocycles. The number of ether oxygens (including phenoxy) is 1. The molecule has 0 radical (unpaired) electrons. The zero-order valence-electron chi connectivity index (χ0n) is 34.5. The molecular weight excluding hydrogens is 967 g/mol. The summed E-state index contributed by atoms with van der Waals surface area (Å²) in [6.45, 7) is 17.5. The van der Waals surface area contributed by atoms with Crippen LogP contribution in [-0.2, 0) is 7.05 Å². The van der Waals surface area contributed by atoms with Crippen molar-refractivity contribution >= 4 is 83.4 Å². The Morgan fingerprint density at radius 2 is 0.932 bits per heavy atom. The number of halogens is 5. The molecule has 0 aliphatic rings. The summed E-state index contributed by atoms with van der Waals surface area (Å²) in [7, 11) is 3.84. The van der Waals surface area contributed by atoms with E-state index >= 15 is 0 Å². The Labute approximate surface area is 386 Å². The predicted octanol–water partition coefficient (Wildman–Crippen LogP) is 17.8. The normalized spacial score (nSPS) is 10.5. The van der Waals surface area contributed by atoms with Crippen molar-refractivity contribution in [2.24, 2.45) is 17.5 Å². The van der Waals surface area contributed by atoms with Crippen LogP contribution >= 0.6 is 71.0 Å². The molecule has 0 unspecified atom stereocenters. The summed E-state index contributed by atoms with van der Waals surface area (Å²) in [4.78, 5) is 3.66. The van der Waals surface area contributed by atoms with Crippen molar-refractivity contribution in [3.8, 4) is 50.3 Å². The average molecular weight is 1020 g/mol. The summed E-state index contributed by atoms with van der Waals surface area (Å²) < 4.78 is 11.6. The monoisotopic (exact) mass is 1010 g/mol. The first kappa shape index (κ1) is 47.5. The molecule has 304 valence electrons. The lowest BCUT2D eigenvalue weighted by atomic mass is 9.84. The average Bonchev–Trinajstić information content (AvgIpc) is 3.52. The lowest BCUT2D eigenvalue weighted by Gasteiger charge is -2.25. The second-order valence-electron chi connectivity index (χ2n) is 14.6. The maximum absolute atomic E-state index is 6.28. The van der Waals surface area contributed by atoms with E-state index in [2.05, 4.69) is 222 Å². The number of methoxy groups -OCH3 is 1. The molecule has 0 saturated carbocycles. The summed E-state index contributed by atoms with van der Waals surface area (Å²) in [6.07, 6.45) is 1.94. The highest BCUT2D eigenvalue weighted by molar-refractivity contribution is 9.11. The second-order valence-corrected chi connectivity index (χ2v) is 18.0. The topological polar surface area (TPSA) is 26.5 Å². The molecule has 1 aromatic heterocycles. The highest BCUT2D eigenvalue weighted by Gasteiger charge is 2.27. The van der Waals surface area contributed by atoms with E-state index in [9.17, 15) is 0 Å². The fourth-order valence-electron chi connectivity index (χ4n) is 5.82. The standard InChI is InChI=1S/C31H21Br3O.C7H5Cl2N.C7H11N.C6H12/c1-35-31-28(22-12-16-24(32)17-13-22)26(20-8-4-2-5-9-20)30(34)27(21-10-6-3-7-11-21)29(31)23-14-18-25(33)19-15-23;1-10-7-5(8)3-2-4-6(7)9;1-6-4-5-7(2)8(6)3;1-5-6(2,3)4/h2-19H,1H3;2-4H,1H2;4-5H,1-3H3;5H,1H2,2-4H3. The molecule has 3 nitrogen and oxygen atoms in total. The summed E-state index contributed by atoms with van der Waals surface area (Å²) in [5.41, 5.74) is 12.2. The molecule has 1 heterocycles. The van der Waals surface area contributed by atoms with Gasteiger partial charge in [-0.1, -0.05) is 173 Å². The van der Waals surface area contributed by atoms with Gasteiger partial charge in [-0.15, -0.1) is 6.58 Å². The third kappa shape index (κ3) is 12.9. The van der Waals surface area contributed by atoms with Crippen LogP contribution < -0.4 is 4.74 Å². The maximum Gasteiger partial charge on any atom is 0.135 e. The SMILES string of the molecule is C=CC(C)(C)C.C=Nc1c(Cl)cccc1Cl.COc1c(-c2ccc(Br)cc2)c(-c2ccccc2)c(Br)c(-c2ccccc2)c1-c1ccc(Br)cc1.Cc1ccc(C)n1C. The Morgan fingerprint density at radius 1 is 0.576 bits per heavy atom.